The Morgan fingerprint density at radius 2 is 1.46 bits per heavy atom. The summed E-state index contributed by atoms with van der Waals surface area (Å²) < 4.78 is 26.1. The first-order chi connectivity index (χ1) is 13.5. The third-order valence-corrected chi connectivity index (χ3v) is 4.35. The second kappa shape index (κ2) is 13.6. The van der Waals surface area contributed by atoms with Crippen molar-refractivity contribution in [2.75, 3.05) is 6.54 Å². The summed E-state index contributed by atoms with van der Waals surface area (Å²) in [5, 5.41) is 2.62. The van der Waals surface area contributed by atoms with E-state index in [-0.39, 0.29) is 23.5 Å². The van der Waals surface area contributed by atoms with Gasteiger partial charge in [0.2, 0.25) is 5.91 Å². The van der Waals surface area contributed by atoms with E-state index in [1.54, 1.807) is 0 Å². The average molecular weight is 388 g/mol. The molecular formula is C24H31F2NO. The van der Waals surface area contributed by atoms with E-state index in [1.807, 2.05) is 43.3 Å². The standard InChI is InChI=1S/C18H20F2.C6H11NO/c1-2-3-4-5-18(14-6-10-16(19)11-7-14)15-8-12-17(20)13-9-15;1-3-4-5-7-6(2)8/h6-13,18H,2-5H2,1H3;3-4H,5H2,1-2H3,(H,7,8)/b;4-3+. The topological polar surface area (TPSA) is 29.1 Å². The molecule has 1 amide bonds. The number of unbranched alkanes of at least 4 members (excludes halogenated alkanes) is 2. The Morgan fingerprint density at radius 3 is 1.86 bits per heavy atom. The molecule has 0 aliphatic carbocycles. The first-order valence-electron chi connectivity index (χ1n) is 9.84. The van der Waals surface area contributed by atoms with Crippen molar-refractivity contribution < 1.29 is 13.6 Å². The number of carbonyl (C=O) groups excluding carboxylic acids is 1. The Labute approximate surface area is 167 Å². The van der Waals surface area contributed by atoms with Crippen LogP contribution in [0.25, 0.3) is 0 Å². The zero-order valence-corrected chi connectivity index (χ0v) is 17.1. The fourth-order valence-electron chi connectivity index (χ4n) is 2.83. The molecule has 2 aromatic carbocycles. The summed E-state index contributed by atoms with van der Waals surface area (Å²) in [4.78, 5) is 10.2. The number of hydrogen-bond donors (Lipinski definition) is 1. The molecule has 4 heteroatoms. The Kier molecular flexibility index (Phi) is 11.5. The maximum Gasteiger partial charge on any atom is 0.217 e. The lowest BCUT2D eigenvalue weighted by molar-refractivity contribution is -0.118. The Bertz CT molecular complexity index is 663. The summed E-state index contributed by atoms with van der Waals surface area (Å²) in [7, 11) is 0. The molecule has 0 spiro atoms. The van der Waals surface area contributed by atoms with Crippen LogP contribution in [0.1, 0.15) is 63.5 Å². The smallest absolute Gasteiger partial charge is 0.217 e. The minimum atomic E-state index is -0.222. The number of benzene rings is 2. The van der Waals surface area contributed by atoms with Crippen LogP contribution in [0.15, 0.2) is 60.7 Å². The molecule has 0 bridgehead atoms. The van der Waals surface area contributed by atoms with Crippen LogP contribution in [0.4, 0.5) is 8.78 Å². The molecule has 0 radical (unpaired) electrons. The van der Waals surface area contributed by atoms with Crippen molar-refractivity contribution in [3.8, 4) is 0 Å². The summed E-state index contributed by atoms with van der Waals surface area (Å²) in [6.45, 7) is 6.24. The van der Waals surface area contributed by atoms with Gasteiger partial charge in [-0.1, -0.05) is 62.6 Å². The largest absolute Gasteiger partial charge is 0.353 e. The van der Waals surface area contributed by atoms with Crippen molar-refractivity contribution in [1.82, 2.24) is 5.32 Å². The van der Waals surface area contributed by atoms with Crippen LogP contribution in [0.2, 0.25) is 0 Å². The van der Waals surface area contributed by atoms with Gasteiger partial charge in [0, 0.05) is 19.4 Å². The van der Waals surface area contributed by atoms with Gasteiger partial charge in [-0.25, -0.2) is 8.78 Å². The molecule has 1 N–H and O–H groups in total. The Balaban J connectivity index is 0.000000416. The second-order valence-electron chi connectivity index (χ2n) is 6.66. The van der Waals surface area contributed by atoms with Crippen LogP contribution >= 0.6 is 0 Å². The van der Waals surface area contributed by atoms with E-state index in [0.717, 1.165) is 24.0 Å². The monoisotopic (exact) mass is 387 g/mol. The summed E-state index contributed by atoms with van der Waals surface area (Å²) in [5.74, 6) is -0.217. The number of nitrogens with one attached hydrogen (secondary N) is 1. The molecule has 0 aliphatic heterocycles. The summed E-state index contributed by atoms with van der Waals surface area (Å²) >= 11 is 0. The Morgan fingerprint density at radius 1 is 0.964 bits per heavy atom. The summed E-state index contributed by atoms with van der Waals surface area (Å²) in [6, 6.07) is 13.3. The lowest BCUT2D eigenvalue weighted by Crippen LogP contribution is -2.19. The van der Waals surface area contributed by atoms with E-state index in [0.29, 0.717) is 6.54 Å². The van der Waals surface area contributed by atoms with E-state index in [1.165, 1.54) is 44.0 Å². The van der Waals surface area contributed by atoms with E-state index < -0.39 is 0 Å². The highest BCUT2D eigenvalue weighted by Crippen LogP contribution is 2.30. The highest BCUT2D eigenvalue weighted by Gasteiger charge is 2.14. The van der Waals surface area contributed by atoms with E-state index in [9.17, 15) is 13.6 Å². The third kappa shape index (κ3) is 9.45. The number of halogens is 2. The molecular weight excluding hydrogens is 356 g/mol. The van der Waals surface area contributed by atoms with E-state index >= 15 is 0 Å². The highest BCUT2D eigenvalue weighted by atomic mass is 19.1. The third-order valence-electron chi connectivity index (χ3n) is 4.35. The molecule has 2 nitrogen and oxygen atoms in total. The number of hydrogen-bond acceptors (Lipinski definition) is 1. The molecule has 0 saturated carbocycles. The molecule has 0 unspecified atom stereocenters. The van der Waals surface area contributed by atoms with Crippen LogP contribution < -0.4 is 5.32 Å². The average Bonchev–Trinajstić information content (AvgIpc) is 2.68. The normalized spacial score (nSPS) is 10.6. The van der Waals surface area contributed by atoms with Gasteiger partial charge in [-0.05, 0) is 48.7 Å². The van der Waals surface area contributed by atoms with Gasteiger partial charge in [0.15, 0.2) is 0 Å². The van der Waals surface area contributed by atoms with Gasteiger partial charge in [-0.15, -0.1) is 0 Å². The summed E-state index contributed by atoms with van der Waals surface area (Å²) in [6.07, 6.45) is 8.26. The maximum atomic E-state index is 13.1. The minimum Gasteiger partial charge on any atom is -0.353 e. The molecule has 0 fully saturated rings. The molecule has 0 saturated heterocycles. The van der Waals surface area contributed by atoms with Crippen LogP contribution in [0.3, 0.4) is 0 Å². The molecule has 28 heavy (non-hydrogen) atoms. The molecule has 2 rings (SSSR count). The first kappa shape index (κ1) is 23.5. The summed E-state index contributed by atoms with van der Waals surface area (Å²) in [5.41, 5.74) is 2.18. The highest BCUT2D eigenvalue weighted by molar-refractivity contribution is 5.72. The fourth-order valence-corrected chi connectivity index (χ4v) is 2.83. The van der Waals surface area contributed by atoms with Crippen molar-refractivity contribution in [2.45, 2.75) is 52.4 Å². The van der Waals surface area contributed by atoms with Crippen molar-refractivity contribution >= 4 is 5.91 Å². The van der Waals surface area contributed by atoms with Crippen molar-refractivity contribution in [2.24, 2.45) is 0 Å². The van der Waals surface area contributed by atoms with Gasteiger partial charge < -0.3 is 5.32 Å². The Hall–Kier alpha value is -2.49. The molecule has 0 aromatic heterocycles. The lowest BCUT2D eigenvalue weighted by atomic mass is 9.87. The quantitative estimate of drug-likeness (QED) is 0.413. The number of carbonyl (C=O) groups is 1. The van der Waals surface area contributed by atoms with E-state index in [4.69, 9.17) is 0 Å². The SMILES string of the molecule is C/C=C/CNC(C)=O.CCCCCC(c1ccc(F)cc1)c1ccc(F)cc1. The predicted molar refractivity (Wildman–Crippen MR) is 112 cm³/mol. The molecule has 0 heterocycles. The zero-order valence-electron chi connectivity index (χ0n) is 17.1. The van der Waals surface area contributed by atoms with Crippen LogP contribution in [-0.2, 0) is 4.79 Å². The van der Waals surface area contributed by atoms with Crippen molar-refractivity contribution in [3.05, 3.63) is 83.4 Å². The zero-order chi connectivity index (χ0) is 20.8. The minimum absolute atomic E-state index is 0.0168. The molecule has 2 aromatic rings. The van der Waals surface area contributed by atoms with Gasteiger partial charge >= 0.3 is 0 Å². The molecule has 0 atom stereocenters. The second-order valence-corrected chi connectivity index (χ2v) is 6.66. The van der Waals surface area contributed by atoms with Crippen LogP contribution in [0.5, 0.6) is 0 Å². The predicted octanol–water partition coefficient (Wildman–Crippen LogP) is 6.38. The number of allylic oxidation sites excluding steroid dienone is 1. The number of rotatable bonds is 8. The van der Waals surface area contributed by atoms with Gasteiger partial charge in [0.05, 0.1) is 0 Å². The van der Waals surface area contributed by atoms with Crippen molar-refractivity contribution in [3.63, 3.8) is 0 Å². The number of amides is 1. The first-order valence-corrected chi connectivity index (χ1v) is 9.84. The van der Waals surface area contributed by atoms with Crippen LogP contribution in [0, 0.1) is 11.6 Å². The molecule has 0 aliphatic rings. The van der Waals surface area contributed by atoms with Gasteiger partial charge in [0.25, 0.3) is 0 Å². The van der Waals surface area contributed by atoms with Gasteiger partial charge in [-0.3, -0.25) is 4.79 Å². The van der Waals surface area contributed by atoms with Crippen molar-refractivity contribution in [1.29, 1.82) is 0 Å². The van der Waals surface area contributed by atoms with Crippen LogP contribution in [-0.4, -0.2) is 12.5 Å². The van der Waals surface area contributed by atoms with Gasteiger partial charge in [0.1, 0.15) is 11.6 Å². The lowest BCUT2D eigenvalue weighted by Gasteiger charge is -2.18. The van der Waals surface area contributed by atoms with Gasteiger partial charge in [-0.2, -0.15) is 0 Å². The maximum absolute atomic E-state index is 13.1. The van der Waals surface area contributed by atoms with E-state index in [2.05, 4.69) is 12.2 Å². The molecule has 152 valence electrons. The fraction of sp³-hybridized carbons (Fsp3) is 0.375.